The summed E-state index contributed by atoms with van der Waals surface area (Å²) < 4.78 is 63.9. The molecule has 0 aliphatic heterocycles. The molecule has 0 radical (unpaired) electrons. The predicted molar refractivity (Wildman–Crippen MR) is 411 cm³/mol. The molecular weight excluding hydrogens is 1330 g/mol. The molecule has 0 heterocycles. The van der Waals surface area contributed by atoms with E-state index in [1.54, 1.807) is 39.8 Å². The van der Waals surface area contributed by atoms with Crippen molar-refractivity contribution in [3.63, 3.8) is 0 Å². The fourth-order valence-corrected chi connectivity index (χ4v) is 10.8. The number of hydrogen-bond acceptors (Lipinski definition) is 18. The van der Waals surface area contributed by atoms with E-state index in [0.717, 1.165) is 141 Å². The number of ether oxygens (including phenoxy) is 11. The summed E-state index contributed by atoms with van der Waals surface area (Å²) in [5.41, 5.74) is 8.16. The van der Waals surface area contributed by atoms with Crippen LogP contribution in [-0.4, -0.2) is 118 Å². The zero-order chi connectivity index (χ0) is 75.7. The second-order valence-corrected chi connectivity index (χ2v) is 26.0. The van der Waals surface area contributed by atoms with Gasteiger partial charge in [0.2, 0.25) is 6.29 Å². The van der Waals surface area contributed by atoms with Gasteiger partial charge in [-0.15, -0.1) is 0 Å². The molecule has 0 fully saturated rings. The van der Waals surface area contributed by atoms with Gasteiger partial charge in [-0.05, 0) is 275 Å². The van der Waals surface area contributed by atoms with E-state index in [2.05, 4.69) is 50.6 Å². The summed E-state index contributed by atoms with van der Waals surface area (Å²) in [6.45, 7) is 25.6. The van der Waals surface area contributed by atoms with E-state index in [1.165, 1.54) is 11.1 Å². The van der Waals surface area contributed by atoms with Crippen molar-refractivity contribution in [2.75, 3.05) is 79.3 Å². The lowest BCUT2D eigenvalue weighted by atomic mass is 9.97. The first-order chi connectivity index (χ1) is 50.9. The highest BCUT2D eigenvalue weighted by Gasteiger charge is 2.21. The summed E-state index contributed by atoms with van der Waals surface area (Å²) in [6.07, 6.45) is 16.4. The number of aliphatic hydroxyl groups is 3. The quantitative estimate of drug-likeness (QED) is 0.0106. The van der Waals surface area contributed by atoms with Gasteiger partial charge in [-0.2, -0.15) is 0 Å². The SMILES string of the molecule is C=C(C)C(=O)OCCCc1cc(C(O)Oc2ccccc2)cc(CCCOC(=O)C(=C)C)c1OCCCCCc1ccc(OCCCCCO)cc1.C=C(C)C(=O)OCCCc1cc(OCCOc2ccccc2)cc(CCCOC(=O)C(=C)C)c1OCCCCCc1ccc(OCCCCCO)cc1. The molecule has 0 saturated carbocycles. The number of benzene rings is 6. The summed E-state index contributed by atoms with van der Waals surface area (Å²) in [5, 5.41) is 29.0. The van der Waals surface area contributed by atoms with Crippen LogP contribution in [0.25, 0.3) is 0 Å². The van der Waals surface area contributed by atoms with Gasteiger partial charge in [-0.1, -0.05) is 87.0 Å². The van der Waals surface area contributed by atoms with Crippen molar-refractivity contribution in [3.8, 4) is 40.2 Å². The van der Waals surface area contributed by atoms with Crippen LogP contribution in [0.3, 0.4) is 0 Å². The first-order valence-corrected chi connectivity index (χ1v) is 37.2. The number of carbonyl (C=O) groups excluding carboxylic acids is 4. The lowest BCUT2D eigenvalue weighted by Gasteiger charge is -2.21. The highest BCUT2D eigenvalue weighted by atomic mass is 16.6. The Bertz CT molecular complexity index is 3420. The van der Waals surface area contributed by atoms with Crippen molar-refractivity contribution in [1.29, 1.82) is 0 Å². The van der Waals surface area contributed by atoms with Crippen molar-refractivity contribution in [3.05, 3.63) is 221 Å². The highest BCUT2D eigenvalue weighted by molar-refractivity contribution is 5.88. The van der Waals surface area contributed by atoms with Crippen LogP contribution in [0.5, 0.6) is 40.2 Å². The number of unbranched alkanes of at least 4 members (excludes halogenated alkanes) is 8. The van der Waals surface area contributed by atoms with Crippen LogP contribution in [0.1, 0.15) is 176 Å². The van der Waals surface area contributed by atoms with Gasteiger partial charge in [-0.25, -0.2) is 19.2 Å². The average molecular weight is 1450 g/mol. The number of para-hydroxylation sites is 2. The molecular formula is C87H114O18. The second kappa shape index (κ2) is 51.7. The molecule has 18 nitrogen and oxygen atoms in total. The van der Waals surface area contributed by atoms with Crippen molar-refractivity contribution >= 4 is 23.9 Å². The van der Waals surface area contributed by atoms with Gasteiger partial charge in [0, 0.05) is 41.1 Å². The van der Waals surface area contributed by atoms with E-state index >= 15 is 0 Å². The molecule has 6 rings (SSSR count). The minimum atomic E-state index is -1.23. The Morgan fingerprint density at radius 3 is 0.971 bits per heavy atom. The van der Waals surface area contributed by atoms with E-state index in [0.29, 0.717) is 130 Å². The van der Waals surface area contributed by atoms with Crippen LogP contribution in [-0.2, 0) is 76.7 Å². The molecule has 18 heteroatoms. The first kappa shape index (κ1) is 86.3. The van der Waals surface area contributed by atoms with Crippen molar-refractivity contribution in [2.24, 2.45) is 0 Å². The molecule has 570 valence electrons. The van der Waals surface area contributed by atoms with Crippen molar-refractivity contribution in [1.82, 2.24) is 0 Å². The van der Waals surface area contributed by atoms with Crippen LogP contribution >= 0.6 is 0 Å². The van der Waals surface area contributed by atoms with Crippen LogP contribution in [0, 0.1) is 0 Å². The molecule has 0 spiro atoms. The van der Waals surface area contributed by atoms with Crippen LogP contribution in [0.4, 0.5) is 0 Å². The molecule has 0 bridgehead atoms. The normalized spacial score (nSPS) is 11.0. The second-order valence-electron chi connectivity index (χ2n) is 26.0. The summed E-state index contributed by atoms with van der Waals surface area (Å²) >= 11 is 0. The third-order valence-electron chi connectivity index (χ3n) is 16.5. The zero-order valence-electron chi connectivity index (χ0n) is 62.6. The number of aryl methyl sites for hydroxylation is 6. The van der Waals surface area contributed by atoms with Gasteiger partial charge in [0.1, 0.15) is 53.5 Å². The minimum absolute atomic E-state index is 0.211. The summed E-state index contributed by atoms with van der Waals surface area (Å²) in [6, 6.07) is 43.0. The number of esters is 4. The minimum Gasteiger partial charge on any atom is -0.494 e. The number of hydrogen-bond donors (Lipinski definition) is 3. The van der Waals surface area contributed by atoms with Crippen LogP contribution in [0.15, 0.2) is 182 Å². The Kier molecular flexibility index (Phi) is 42.5. The summed E-state index contributed by atoms with van der Waals surface area (Å²) in [5.74, 6) is 3.57. The topological polar surface area (TPSA) is 230 Å². The van der Waals surface area contributed by atoms with Gasteiger partial charge >= 0.3 is 23.9 Å². The molecule has 0 saturated heterocycles. The van der Waals surface area contributed by atoms with E-state index in [9.17, 15) is 24.3 Å². The third kappa shape index (κ3) is 36.3. The molecule has 1 atom stereocenters. The average Bonchev–Trinajstić information content (AvgIpc) is 0.823. The third-order valence-corrected chi connectivity index (χ3v) is 16.5. The van der Waals surface area contributed by atoms with Crippen molar-refractivity contribution < 1.29 is 86.6 Å². The number of carbonyl (C=O) groups is 4. The molecule has 6 aromatic carbocycles. The van der Waals surface area contributed by atoms with Crippen LogP contribution in [0.2, 0.25) is 0 Å². The Hall–Kier alpha value is -9.36. The monoisotopic (exact) mass is 1450 g/mol. The lowest BCUT2D eigenvalue weighted by molar-refractivity contribution is -0.139. The van der Waals surface area contributed by atoms with Crippen LogP contribution < -0.4 is 33.2 Å². The predicted octanol–water partition coefficient (Wildman–Crippen LogP) is 16.8. The van der Waals surface area contributed by atoms with Gasteiger partial charge < -0.3 is 67.4 Å². The maximum Gasteiger partial charge on any atom is 0.333 e. The molecule has 0 aliphatic carbocycles. The smallest absolute Gasteiger partial charge is 0.333 e. The molecule has 0 aliphatic rings. The van der Waals surface area contributed by atoms with Gasteiger partial charge in [0.25, 0.3) is 0 Å². The van der Waals surface area contributed by atoms with Gasteiger partial charge in [0.05, 0.1) is 52.9 Å². The maximum atomic E-state index is 12.0. The largest absolute Gasteiger partial charge is 0.494 e. The van der Waals surface area contributed by atoms with E-state index in [-0.39, 0.29) is 39.6 Å². The van der Waals surface area contributed by atoms with E-state index in [4.69, 9.17) is 62.3 Å². The molecule has 105 heavy (non-hydrogen) atoms. The zero-order valence-corrected chi connectivity index (χ0v) is 62.6. The fraction of sp³-hybridized carbons (Fsp3) is 0.448. The Labute approximate surface area is 623 Å². The Balaban J connectivity index is 0.000000377. The molecule has 3 N–H and O–H groups in total. The Morgan fingerprint density at radius 2 is 0.619 bits per heavy atom. The fourth-order valence-electron chi connectivity index (χ4n) is 10.8. The number of rotatable bonds is 54. The van der Waals surface area contributed by atoms with Gasteiger partial charge in [0.15, 0.2) is 0 Å². The summed E-state index contributed by atoms with van der Waals surface area (Å²) in [4.78, 5) is 47.9. The maximum absolute atomic E-state index is 12.0. The Morgan fingerprint density at radius 1 is 0.314 bits per heavy atom. The molecule has 1 unspecified atom stereocenters. The highest BCUT2D eigenvalue weighted by Crippen LogP contribution is 2.35. The lowest BCUT2D eigenvalue weighted by Crippen LogP contribution is -2.12. The molecule has 6 aromatic rings. The summed E-state index contributed by atoms with van der Waals surface area (Å²) in [7, 11) is 0. The van der Waals surface area contributed by atoms with Crippen molar-refractivity contribution in [2.45, 2.75) is 175 Å². The van der Waals surface area contributed by atoms with E-state index in [1.807, 2.05) is 97.1 Å². The standard InChI is InChI=1S/C44H58O9.C43H56O9/c1-34(2)43(46)52-28-14-17-37-32-41(50-31-30-49-39-19-9-5-10-20-39)33-38(18-15-29-53-44(47)35(3)4)42(37)51-27-12-6-8-16-36-21-23-40(24-22-36)48-26-13-7-11-25-45;1-32(2)41(45)50-28-14-17-35-30-37(43(47)52-39-19-9-5-10-20-39)31-36(18-15-29-51-42(46)33(3)4)40(35)49-27-12-6-8-16-34-21-23-38(24-22-34)48-26-13-7-11-25-44/h5,9-10,19-24,32-33,45H,1,3,6-8,11-18,25-31H2,2,4H3;5,9-10,19-24,30-31,43-44,47H,1,3,6-8,11-18,25-29H2,2,4H3. The first-order valence-electron chi connectivity index (χ1n) is 37.2. The molecule has 0 aromatic heterocycles. The van der Waals surface area contributed by atoms with Gasteiger partial charge in [-0.3, -0.25) is 0 Å². The molecule has 0 amide bonds. The number of aliphatic hydroxyl groups excluding tert-OH is 3. The van der Waals surface area contributed by atoms with E-state index < -0.39 is 30.2 Å².